The summed E-state index contributed by atoms with van der Waals surface area (Å²) in [6, 6.07) is 1.86. The molecule has 0 saturated heterocycles. The zero-order valence-corrected chi connectivity index (χ0v) is 13.7. The minimum absolute atomic E-state index is 0.157. The molecule has 0 radical (unpaired) electrons. The Hall–Kier alpha value is -1.62. The molecule has 1 amide bonds. The predicted octanol–water partition coefficient (Wildman–Crippen LogP) is 3.32. The first-order valence-corrected chi connectivity index (χ1v) is 7.51. The van der Waals surface area contributed by atoms with E-state index in [0.717, 1.165) is 12.0 Å². The van der Waals surface area contributed by atoms with Gasteiger partial charge in [-0.15, -0.1) is 0 Å². The molecule has 0 aliphatic carbocycles. The van der Waals surface area contributed by atoms with Crippen LogP contribution >= 0.6 is 0 Å². The van der Waals surface area contributed by atoms with E-state index in [0.29, 0.717) is 31.2 Å². The first-order valence-electron chi connectivity index (χ1n) is 7.51. The van der Waals surface area contributed by atoms with Crippen molar-refractivity contribution in [2.45, 2.75) is 53.1 Å². The summed E-state index contributed by atoms with van der Waals surface area (Å²) >= 11 is 0. The maximum Gasteiger partial charge on any atom is 0.256 e. The van der Waals surface area contributed by atoms with E-state index >= 15 is 0 Å². The number of pyridine rings is 1. The molecule has 0 aromatic carbocycles. The summed E-state index contributed by atoms with van der Waals surface area (Å²) in [5, 5.41) is 2.86. The van der Waals surface area contributed by atoms with E-state index in [2.05, 4.69) is 10.3 Å². The third-order valence-corrected chi connectivity index (χ3v) is 3.35. The average molecular weight is 294 g/mol. The van der Waals surface area contributed by atoms with Crippen LogP contribution in [0.1, 0.15) is 46.1 Å². The number of carbonyl (C=O) groups is 1. The van der Waals surface area contributed by atoms with Crippen LogP contribution in [-0.4, -0.2) is 29.7 Å². The van der Waals surface area contributed by atoms with Gasteiger partial charge in [-0.2, -0.15) is 0 Å². The Labute approximate surface area is 127 Å². The van der Waals surface area contributed by atoms with Crippen LogP contribution in [-0.2, 0) is 9.53 Å². The van der Waals surface area contributed by atoms with Crippen LogP contribution in [0.25, 0.3) is 0 Å². The Morgan fingerprint density at radius 2 is 2.10 bits per heavy atom. The molecule has 5 heteroatoms. The molecular formula is C16H26N2O3. The number of amides is 1. The van der Waals surface area contributed by atoms with Crippen molar-refractivity contribution in [1.29, 1.82) is 0 Å². The van der Waals surface area contributed by atoms with Gasteiger partial charge in [0.15, 0.2) is 0 Å². The van der Waals surface area contributed by atoms with E-state index < -0.39 is 5.60 Å². The van der Waals surface area contributed by atoms with Crippen molar-refractivity contribution in [3.63, 3.8) is 0 Å². The van der Waals surface area contributed by atoms with Crippen molar-refractivity contribution in [3.05, 3.63) is 17.8 Å². The minimum Gasteiger partial charge on any atom is -0.477 e. The molecule has 0 saturated carbocycles. The summed E-state index contributed by atoms with van der Waals surface area (Å²) < 4.78 is 11.1. The van der Waals surface area contributed by atoms with E-state index in [9.17, 15) is 4.79 Å². The van der Waals surface area contributed by atoms with Crippen molar-refractivity contribution in [2.75, 3.05) is 18.5 Å². The van der Waals surface area contributed by atoms with E-state index in [1.165, 1.54) is 0 Å². The number of nitrogens with one attached hydrogen (secondary N) is 1. The maximum absolute atomic E-state index is 12.3. The number of carbonyl (C=O) groups excluding carboxylic acids is 1. The average Bonchev–Trinajstić information content (AvgIpc) is 2.46. The molecule has 0 fully saturated rings. The zero-order chi connectivity index (χ0) is 15.9. The smallest absolute Gasteiger partial charge is 0.256 e. The lowest BCUT2D eigenvalue weighted by Gasteiger charge is -2.26. The fourth-order valence-corrected chi connectivity index (χ4v) is 1.89. The highest BCUT2D eigenvalue weighted by Crippen LogP contribution is 2.22. The Morgan fingerprint density at radius 1 is 1.38 bits per heavy atom. The molecule has 1 heterocycles. The maximum atomic E-state index is 12.3. The first kappa shape index (κ1) is 17.4. The van der Waals surface area contributed by atoms with Gasteiger partial charge in [0, 0.05) is 12.2 Å². The van der Waals surface area contributed by atoms with Crippen LogP contribution in [0.15, 0.2) is 12.3 Å². The van der Waals surface area contributed by atoms with E-state index in [1.54, 1.807) is 13.1 Å². The Morgan fingerprint density at radius 3 is 2.62 bits per heavy atom. The fourth-order valence-electron chi connectivity index (χ4n) is 1.89. The molecule has 118 valence electrons. The largest absolute Gasteiger partial charge is 0.477 e. The number of rotatable bonds is 8. The zero-order valence-electron chi connectivity index (χ0n) is 13.7. The molecule has 0 aliphatic rings. The Kier molecular flexibility index (Phi) is 6.62. The summed E-state index contributed by atoms with van der Waals surface area (Å²) in [4.78, 5) is 16.6. The second kappa shape index (κ2) is 7.98. The normalized spacial score (nSPS) is 13.6. The molecule has 0 aliphatic heterocycles. The first-order chi connectivity index (χ1) is 9.96. The van der Waals surface area contributed by atoms with Gasteiger partial charge in [0.25, 0.3) is 5.91 Å². The number of hydrogen-bond acceptors (Lipinski definition) is 4. The molecule has 21 heavy (non-hydrogen) atoms. The van der Waals surface area contributed by atoms with Crippen molar-refractivity contribution in [3.8, 4) is 5.88 Å². The van der Waals surface area contributed by atoms with Crippen LogP contribution in [0.5, 0.6) is 5.88 Å². The number of hydrogen-bond donors (Lipinski definition) is 1. The third-order valence-electron chi connectivity index (χ3n) is 3.35. The summed E-state index contributed by atoms with van der Waals surface area (Å²) in [5.74, 6) is 0.452. The van der Waals surface area contributed by atoms with Gasteiger partial charge in [-0.25, -0.2) is 4.98 Å². The third kappa shape index (κ3) is 4.70. The van der Waals surface area contributed by atoms with Gasteiger partial charge in [-0.1, -0.05) is 13.8 Å². The fraction of sp³-hybridized carbons (Fsp3) is 0.625. The second-order valence-electron chi connectivity index (χ2n) is 5.17. The summed E-state index contributed by atoms with van der Waals surface area (Å²) in [6.07, 6.45) is 3.15. The molecule has 1 aromatic rings. The van der Waals surface area contributed by atoms with Gasteiger partial charge in [0.1, 0.15) is 5.60 Å². The van der Waals surface area contributed by atoms with Gasteiger partial charge in [-0.05, 0) is 39.7 Å². The lowest BCUT2D eigenvalue weighted by atomic mass is 10.0. The van der Waals surface area contributed by atoms with Crippen LogP contribution in [0, 0.1) is 6.92 Å². The van der Waals surface area contributed by atoms with Crippen molar-refractivity contribution < 1.29 is 14.3 Å². The molecule has 1 N–H and O–H groups in total. The Bertz CT molecular complexity index is 477. The van der Waals surface area contributed by atoms with Gasteiger partial charge in [0.2, 0.25) is 5.88 Å². The number of aryl methyl sites for hydroxylation is 1. The number of ether oxygens (including phenoxy) is 2. The molecule has 1 aromatic heterocycles. The molecule has 0 bridgehead atoms. The topological polar surface area (TPSA) is 60.5 Å². The molecule has 5 nitrogen and oxygen atoms in total. The monoisotopic (exact) mass is 294 g/mol. The molecule has 1 rings (SSSR count). The number of anilines is 1. The van der Waals surface area contributed by atoms with Gasteiger partial charge >= 0.3 is 0 Å². The van der Waals surface area contributed by atoms with E-state index in [-0.39, 0.29) is 5.91 Å². The van der Waals surface area contributed by atoms with Crippen molar-refractivity contribution in [2.24, 2.45) is 0 Å². The van der Waals surface area contributed by atoms with Crippen molar-refractivity contribution in [1.82, 2.24) is 4.98 Å². The second-order valence-corrected chi connectivity index (χ2v) is 5.17. The van der Waals surface area contributed by atoms with Gasteiger partial charge in [-0.3, -0.25) is 4.79 Å². The standard InChI is InChI=1S/C16H26N2O3/c1-6-9-20-14-12(4)10-13(11-17-14)18-15(19)16(5,7-2)21-8-3/h10-11H,6-9H2,1-5H3,(H,18,19)/t16-/m0/s1. The molecule has 1 atom stereocenters. The lowest BCUT2D eigenvalue weighted by Crippen LogP contribution is -2.42. The quantitative estimate of drug-likeness (QED) is 0.799. The van der Waals surface area contributed by atoms with Gasteiger partial charge < -0.3 is 14.8 Å². The lowest BCUT2D eigenvalue weighted by molar-refractivity contribution is -0.139. The minimum atomic E-state index is -0.819. The molecule has 0 spiro atoms. The molecule has 0 unspecified atom stereocenters. The highest BCUT2D eigenvalue weighted by atomic mass is 16.5. The van der Waals surface area contributed by atoms with Crippen LogP contribution < -0.4 is 10.1 Å². The highest BCUT2D eigenvalue weighted by Gasteiger charge is 2.31. The number of aromatic nitrogens is 1. The summed E-state index contributed by atoms with van der Waals surface area (Å²) in [5.41, 5.74) is 0.733. The predicted molar refractivity (Wildman–Crippen MR) is 83.7 cm³/mol. The van der Waals surface area contributed by atoms with Crippen LogP contribution in [0.3, 0.4) is 0 Å². The number of nitrogens with zero attached hydrogens (tertiary/aromatic N) is 1. The van der Waals surface area contributed by atoms with E-state index in [4.69, 9.17) is 9.47 Å². The SMILES string of the molecule is CCCOc1ncc(NC(=O)[C@](C)(CC)OCC)cc1C. The highest BCUT2D eigenvalue weighted by molar-refractivity contribution is 5.97. The van der Waals surface area contributed by atoms with Gasteiger partial charge in [0.05, 0.1) is 18.5 Å². The van der Waals surface area contributed by atoms with E-state index in [1.807, 2.05) is 33.8 Å². The summed E-state index contributed by atoms with van der Waals surface area (Å²) in [6.45, 7) is 10.7. The van der Waals surface area contributed by atoms with Crippen LogP contribution in [0.2, 0.25) is 0 Å². The summed E-state index contributed by atoms with van der Waals surface area (Å²) in [7, 11) is 0. The van der Waals surface area contributed by atoms with Crippen LogP contribution in [0.4, 0.5) is 5.69 Å². The Balaban J connectivity index is 2.79. The molecular weight excluding hydrogens is 268 g/mol. The van der Waals surface area contributed by atoms with Crippen molar-refractivity contribution >= 4 is 11.6 Å².